The predicted molar refractivity (Wildman–Crippen MR) is 78.9 cm³/mol. The highest BCUT2D eigenvalue weighted by Gasteiger charge is 2.45. The van der Waals surface area contributed by atoms with Crippen molar-refractivity contribution in [2.45, 2.75) is 37.4 Å². The van der Waals surface area contributed by atoms with Gasteiger partial charge in [-0.15, -0.1) is 0 Å². The number of rotatable bonds is 5. The molecule has 0 spiro atoms. The van der Waals surface area contributed by atoms with Gasteiger partial charge in [0.1, 0.15) is 11.3 Å². The van der Waals surface area contributed by atoms with E-state index in [-0.39, 0.29) is 5.91 Å². The van der Waals surface area contributed by atoms with Crippen molar-refractivity contribution in [2.75, 3.05) is 20.3 Å². The van der Waals surface area contributed by atoms with Crippen molar-refractivity contribution in [3.63, 3.8) is 0 Å². The first kappa shape index (κ1) is 14.4. The monoisotopic (exact) mass is 290 g/mol. The summed E-state index contributed by atoms with van der Waals surface area (Å²) in [7, 11) is 1.65. The summed E-state index contributed by atoms with van der Waals surface area (Å²) in [6, 6.07) is 8.12. The number of carbonyl (C=O) groups excluding carboxylic acids is 1. The summed E-state index contributed by atoms with van der Waals surface area (Å²) in [6.45, 7) is 1.43. The van der Waals surface area contributed by atoms with Crippen molar-refractivity contribution in [3.8, 4) is 5.75 Å². The Hall–Kier alpha value is -1.59. The van der Waals surface area contributed by atoms with Crippen LogP contribution in [0.5, 0.6) is 5.75 Å². The van der Waals surface area contributed by atoms with Crippen LogP contribution in [0.2, 0.25) is 0 Å². The predicted octanol–water partition coefficient (Wildman–Crippen LogP) is 1.30. The van der Waals surface area contributed by atoms with Crippen molar-refractivity contribution in [3.05, 3.63) is 29.8 Å². The number of amides is 1. The summed E-state index contributed by atoms with van der Waals surface area (Å²) < 4.78 is 10.7. The Labute approximate surface area is 125 Å². The Morgan fingerprint density at radius 1 is 1.48 bits per heavy atom. The highest BCUT2D eigenvalue weighted by Crippen LogP contribution is 2.33. The van der Waals surface area contributed by atoms with E-state index in [2.05, 4.69) is 0 Å². The molecule has 1 amide bonds. The zero-order valence-corrected chi connectivity index (χ0v) is 12.4. The molecule has 1 saturated carbocycles. The van der Waals surface area contributed by atoms with Crippen molar-refractivity contribution in [2.24, 2.45) is 5.73 Å². The van der Waals surface area contributed by atoms with Gasteiger partial charge in [-0.05, 0) is 25.3 Å². The second kappa shape index (κ2) is 5.66. The summed E-state index contributed by atoms with van der Waals surface area (Å²) in [5, 5.41) is 0. The van der Waals surface area contributed by atoms with Crippen molar-refractivity contribution < 1.29 is 14.3 Å². The van der Waals surface area contributed by atoms with E-state index in [1.165, 1.54) is 0 Å². The molecular weight excluding hydrogens is 268 g/mol. The smallest absolute Gasteiger partial charge is 0.245 e. The Morgan fingerprint density at radius 2 is 2.24 bits per heavy atom. The molecule has 1 unspecified atom stereocenters. The van der Waals surface area contributed by atoms with Gasteiger partial charge in [0, 0.05) is 24.8 Å². The zero-order valence-electron chi connectivity index (χ0n) is 12.4. The van der Waals surface area contributed by atoms with Gasteiger partial charge in [-0.1, -0.05) is 18.2 Å². The first-order chi connectivity index (χ1) is 10.1. The SMILES string of the molecule is COc1ccccc1CN(C(=O)C1(N)CCOC1)C1CC1. The fraction of sp³-hybridized carbons (Fsp3) is 0.562. The third-order valence-corrected chi connectivity index (χ3v) is 4.26. The van der Waals surface area contributed by atoms with Crippen LogP contribution in [-0.4, -0.2) is 42.7 Å². The van der Waals surface area contributed by atoms with Crippen LogP contribution in [0, 0.1) is 0 Å². The van der Waals surface area contributed by atoms with E-state index >= 15 is 0 Å². The van der Waals surface area contributed by atoms with Gasteiger partial charge in [-0.25, -0.2) is 0 Å². The summed E-state index contributed by atoms with van der Waals surface area (Å²) >= 11 is 0. The molecule has 0 radical (unpaired) electrons. The first-order valence-corrected chi connectivity index (χ1v) is 7.44. The molecule has 1 aromatic carbocycles. The van der Waals surface area contributed by atoms with Gasteiger partial charge >= 0.3 is 0 Å². The number of ether oxygens (including phenoxy) is 2. The largest absolute Gasteiger partial charge is 0.496 e. The normalized spacial score (nSPS) is 24.9. The molecule has 1 aliphatic heterocycles. The molecule has 2 aliphatic rings. The molecule has 3 rings (SSSR count). The molecule has 21 heavy (non-hydrogen) atoms. The van der Waals surface area contributed by atoms with E-state index in [9.17, 15) is 4.79 Å². The van der Waals surface area contributed by atoms with Gasteiger partial charge in [0.05, 0.1) is 13.7 Å². The molecule has 1 atom stereocenters. The minimum absolute atomic E-state index is 0.00778. The minimum atomic E-state index is -0.857. The third-order valence-electron chi connectivity index (χ3n) is 4.26. The summed E-state index contributed by atoms with van der Waals surface area (Å²) in [5.74, 6) is 0.818. The van der Waals surface area contributed by atoms with Gasteiger partial charge in [0.25, 0.3) is 0 Å². The Morgan fingerprint density at radius 3 is 2.86 bits per heavy atom. The molecule has 2 fully saturated rings. The molecule has 0 bridgehead atoms. The van der Waals surface area contributed by atoms with Crippen LogP contribution < -0.4 is 10.5 Å². The molecule has 0 aromatic heterocycles. The Kier molecular flexibility index (Phi) is 3.87. The minimum Gasteiger partial charge on any atom is -0.496 e. The van der Waals surface area contributed by atoms with Crippen LogP contribution in [0.15, 0.2) is 24.3 Å². The number of methoxy groups -OCH3 is 1. The van der Waals surface area contributed by atoms with Crippen molar-refractivity contribution >= 4 is 5.91 Å². The van der Waals surface area contributed by atoms with Crippen LogP contribution in [0.4, 0.5) is 0 Å². The van der Waals surface area contributed by atoms with E-state index in [0.29, 0.717) is 32.2 Å². The number of carbonyl (C=O) groups is 1. The second-order valence-corrected chi connectivity index (χ2v) is 5.93. The second-order valence-electron chi connectivity index (χ2n) is 5.93. The van der Waals surface area contributed by atoms with E-state index in [0.717, 1.165) is 24.2 Å². The average molecular weight is 290 g/mol. The standard InChI is InChI=1S/C16H22N2O3/c1-20-14-5-3-2-4-12(14)10-18(13-6-7-13)15(19)16(17)8-9-21-11-16/h2-5,13H,6-11,17H2,1H3. The van der Waals surface area contributed by atoms with Crippen LogP contribution in [0.25, 0.3) is 0 Å². The van der Waals surface area contributed by atoms with E-state index in [1.807, 2.05) is 29.2 Å². The number of nitrogens with two attached hydrogens (primary N) is 1. The lowest BCUT2D eigenvalue weighted by Gasteiger charge is -2.31. The third kappa shape index (κ3) is 2.89. The van der Waals surface area contributed by atoms with Gasteiger partial charge in [-0.3, -0.25) is 4.79 Å². The van der Waals surface area contributed by atoms with Gasteiger partial charge < -0.3 is 20.1 Å². The molecule has 1 saturated heterocycles. The van der Waals surface area contributed by atoms with Gasteiger partial charge in [0.2, 0.25) is 5.91 Å². The van der Waals surface area contributed by atoms with Gasteiger partial charge in [0.15, 0.2) is 0 Å². The average Bonchev–Trinajstić information content (AvgIpc) is 3.25. The number of hydrogen-bond donors (Lipinski definition) is 1. The molecular formula is C16H22N2O3. The molecule has 1 aromatic rings. The highest BCUT2D eigenvalue weighted by molar-refractivity contribution is 5.87. The van der Waals surface area contributed by atoms with E-state index in [4.69, 9.17) is 15.2 Å². The molecule has 5 heteroatoms. The maximum absolute atomic E-state index is 12.8. The first-order valence-electron chi connectivity index (χ1n) is 7.44. The molecule has 2 N–H and O–H groups in total. The topological polar surface area (TPSA) is 64.8 Å². The number of nitrogens with zero attached hydrogens (tertiary/aromatic N) is 1. The molecule has 1 aliphatic carbocycles. The lowest BCUT2D eigenvalue weighted by Crippen LogP contribution is -2.56. The Balaban J connectivity index is 1.80. The summed E-state index contributed by atoms with van der Waals surface area (Å²) in [6.07, 6.45) is 2.70. The number of para-hydroxylation sites is 1. The fourth-order valence-electron chi connectivity index (χ4n) is 2.81. The van der Waals surface area contributed by atoms with Crippen molar-refractivity contribution in [1.29, 1.82) is 0 Å². The number of hydrogen-bond acceptors (Lipinski definition) is 4. The molecule has 5 nitrogen and oxygen atoms in total. The zero-order chi connectivity index (χ0) is 14.9. The van der Waals surface area contributed by atoms with Crippen LogP contribution in [0.1, 0.15) is 24.8 Å². The highest BCUT2D eigenvalue weighted by atomic mass is 16.5. The van der Waals surface area contributed by atoms with Crippen LogP contribution in [0.3, 0.4) is 0 Å². The molecule has 1 heterocycles. The van der Waals surface area contributed by atoms with Crippen molar-refractivity contribution in [1.82, 2.24) is 4.90 Å². The van der Waals surface area contributed by atoms with Crippen LogP contribution in [-0.2, 0) is 16.1 Å². The Bertz CT molecular complexity index is 522. The maximum atomic E-state index is 12.8. The summed E-state index contributed by atoms with van der Waals surface area (Å²) in [5.41, 5.74) is 6.41. The quantitative estimate of drug-likeness (QED) is 0.888. The van der Waals surface area contributed by atoms with E-state index < -0.39 is 5.54 Å². The van der Waals surface area contributed by atoms with Gasteiger partial charge in [-0.2, -0.15) is 0 Å². The lowest BCUT2D eigenvalue weighted by molar-refractivity contribution is -0.138. The molecule has 114 valence electrons. The van der Waals surface area contributed by atoms with Crippen LogP contribution >= 0.6 is 0 Å². The fourth-order valence-corrected chi connectivity index (χ4v) is 2.81. The summed E-state index contributed by atoms with van der Waals surface area (Å²) in [4.78, 5) is 14.7. The lowest BCUT2D eigenvalue weighted by atomic mass is 9.97. The van der Waals surface area contributed by atoms with E-state index in [1.54, 1.807) is 7.11 Å². The number of benzene rings is 1. The maximum Gasteiger partial charge on any atom is 0.245 e.